The summed E-state index contributed by atoms with van der Waals surface area (Å²) in [4.78, 5) is 15.9. The van der Waals surface area contributed by atoms with Gasteiger partial charge in [-0.05, 0) is 37.8 Å². The minimum absolute atomic E-state index is 0.200. The molecule has 0 saturated carbocycles. The first kappa shape index (κ1) is 17.0. The molecule has 0 atom stereocenters. The van der Waals surface area contributed by atoms with Crippen LogP contribution in [-0.4, -0.2) is 30.0 Å². The Labute approximate surface area is 127 Å². The second kappa shape index (κ2) is 7.67. The quantitative estimate of drug-likeness (QED) is 0.645. The van der Waals surface area contributed by atoms with Gasteiger partial charge in [0.05, 0.1) is 5.69 Å². The lowest BCUT2D eigenvalue weighted by atomic mass is 10.1. The maximum atomic E-state index is 12.8. The van der Waals surface area contributed by atoms with Crippen molar-refractivity contribution in [3.05, 3.63) is 29.3 Å². The van der Waals surface area contributed by atoms with Gasteiger partial charge in [-0.2, -0.15) is 0 Å². The van der Waals surface area contributed by atoms with Crippen molar-refractivity contribution < 1.29 is 4.79 Å². The molecule has 5 nitrogen and oxygen atoms in total. The average molecular weight is 290 g/mol. The first-order chi connectivity index (χ1) is 9.93. The molecule has 0 saturated heterocycles. The predicted octanol–water partition coefficient (Wildman–Crippen LogP) is 3.25. The van der Waals surface area contributed by atoms with E-state index in [9.17, 15) is 4.79 Å². The van der Waals surface area contributed by atoms with Gasteiger partial charge in [-0.15, -0.1) is 0 Å². The van der Waals surface area contributed by atoms with Gasteiger partial charge in [-0.1, -0.05) is 32.0 Å². The molecule has 0 heterocycles. The van der Waals surface area contributed by atoms with Crippen LogP contribution in [-0.2, 0) is 0 Å². The lowest BCUT2D eigenvalue weighted by Gasteiger charge is -2.31. The Morgan fingerprint density at radius 2 is 1.67 bits per heavy atom. The molecule has 5 heteroatoms. The van der Waals surface area contributed by atoms with Gasteiger partial charge in [0.1, 0.15) is 0 Å². The van der Waals surface area contributed by atoms with Crippen LogP contribution < -0.4 is 10.6 Å². The number of carbonyl (C=O) groups excluding carboxylic acids is 1. The highest BCUT2D eigenvalue weighted by molar-refractivity contribution is 6.03. The number of guanidine groups is 1. The van der Waals surface area contributed by atoms with E-state index in [1.54, 1.807) is 4.90 Å². The molecular weight excluding hydrogens is 264 g/mol. The van der Waals surface area contributed by atoms with E-state index in [2.05, 4.69) is 0 Å². The van der Waals surface area contributed by atoms with Crippen LogP contribution >= 0.6 is 0 Å². The standard InChI is InChI=1S/C16H26N4O/c1-5-10-19(14-12(3)8-7-9-13(14)4)16(21)20(11-6-2)15(17)18/h7-9H,5-6,10-11H2,1-4H3,(H3,17,18). The fourth-order valence-corrected chi connectivity index (χ4v) is 2.45. The first-order valence-electron chi connectivity index (χ1n) is 7.43. The molecule has 0 aliphatic carbocycles. The minimum atomic E-state index is -0.219. The number of nitrogens with two attached hydrogens (primary N) is 1. The summed E-state index contributed by atoms with van der Waals surface area (Å²) in [6.45, 7) is 9.06. The molecule has 21 heavy (non-hydrogen) atoms. The Morgan fingerprint density at radius 1 is 1.14 bits per heavy atom. The number of hydrogen-bond donors (Lipinski definition) is 2. The maximum absolute atomic E-state index is 12.8. The fraction of sp³-hybridized carbons (Fsp3) is 0.500. The fourth-order valence-electron chi connectivity index (χ4n) is 2.45. The summed E-state index contributed by atoms with van der Waals surface area (Å²) < 4.78 is 0. The smallest absolute Gasteiger partial charge is 0.331 e. The number of nitrogens with one attached hydrogen (secondary N) is 1. The van der Waals surface area contributed by atoms with Gasteiger partial charge in [-0.3, -0.25) is 15.2 Å². The molecule has 2 amide bonds. The highest BCUT2D eigenvalue weighted by Crippen LogP contribution is 2.26. The van der Waals surface area contributed by atoms with Gasteiger partial charge in [0.2, 0.25) is 0 Å². The summed E-state index contributed by atoms with van der Waals surface area (Å²) in [5.74, 6) is -0.200. The van der Waals surface area contributed by atoms with Crippen molar-refractivity contribution in [2.24, 2.45) is 5.73 Å². The number of rotatable bonds is 5. The molecule has 0 bridgehead atoms. The SMILES string of the molecule is CCCN(C(=N)N)C(=O)N(CCC)c1c(C)cccc1C. The van der Waals surface area contributed by atoms with Crippen molar-refractivity contribution in [1.29, 1.82) is 5.41 Å². The molecule has 0 radical (unpaired) electrons. The lowest BCUT2D eigenvalue weighted by Crippen LogP contribution is -2.50. The number of hydrogen-bond acceptors (Lipinski definition) is 2. The van der Waals surface area contributed by atoms with E-state index in [0.717, 1.165) is 29.7 Å². The van der Waals surface area contributed by atoms with Crippen molar-refractivity contribution in [2.45, 2.75) is 40.5 Å². The van der Waals surface area contributed by atoms with Crippen molar-refractivity contribution in [3.63, 3.8) is 0 Å². The van der Waals surface area contributed by atoms with Crippen LogP contribution in [0.3, 0.4) is 0 Å². The third kappa shape index (κ3) is 3.97. The average Bonchev–Trinajstić information content (AvgIpc) is 2.42. The molecule has 0 aliphatic heterocycles. The van der Waals surface area contributed by atoms with Crippen LogP contribution in [0.15, 0.2) is 18.2 Å². The monoisotopic (exact) mass is 290 g/mol. The summed E-state index contributed by atoms with van der Waals surface area (Å²) in [6, 6.07) is 5.76. The van der Waals surface area contributed by atoms with Crippen molar-refractivity contribution in [1.82, 2.24) is 4.90 Å². The number of aryl methyl sites for hydroxylation is 2. The first-order valence-corrected chi connectivity index (χ1v) is 7.43. The van der Waals surface area contributed by atoms with Crippen molar-refractivity contribution in [3.8, 4) is 0 Å². The molecule has 1 aromatic rings. The van der Waals surface area contributed by atoms with E-state index >= 15 is 0 Å². The number of para-hydroxylation sites is 1. The van der Waals surface area contributed by atoms with E-state index < -0.39 is 0 Å². The Morgan fingerprint density at radius 3 is 2.10 bits per heavy atom. The van der Waals surface area contributed by atoms with Crippen LogP contribution in [0.25, 0.3) is 0 Å². The second-order valence-electron chi connectivity index (χ2n) is 5.21. The largest absolute Gasteiger partial charge is 0.370 e. The molecule has 116 valence electrons. The third-order valence-electron chi connectivity index (χ3n) is 3.36. The van der Waals surface area contributed by atoms with Crippen LogP contribution in [0.1, 0.15) is 37.8 Å². The topological polar surface area (TPSA) is 73.4 Å². The highest BCUT2D eigenvalue weighted by Gasteiger charge is 2.25. The number of nitrogens with zero attached hydrogens (tertiary/aromatic N) is 2. The summed E-state index contributed by atoms with van der Waals surface area (Å²) in [6.07, 6.45) is 1.61. The van der Waals surface area contributed by atoms with Crippen molar-refractivity contribution >= 4 is 17.7 Å². The lowest BCUT2D eigenvalue weighted by molar-refractivity contribution is 0.226. The van der Waals surface area contributed by atoms with Crippen LogP contribution in [0.4, 0.5) is 10.5 Å². The molecule has 0 spiro atoms. The normalized spacial score (nSPS) is 10.3. The van der Waals surface area contributed by atoms with Gasteiger partial charge in [-0.25, -0.2) is 4.79 Å². The van der Waals surface area contributed by atoms with Gasteiger partial charge >= 0.3 is 6.03 Å². The Balaban J connectivity index is 3.22. The van der Waals surface area contributed by atoms with E-state index in [0.29, 0.717) is 13.1 Å². The highest BCUT2D eigenvalue weighted by atomic mass is 16.2. The molecule has 0 aromatic heterocycles. The van der Waals surface area contributed by atoms with Gasteiger partial charge in [0.25, 0.3) is 0 Å². The number of carbonyl (C=O) groups is 1. The molecular formula is C16H26N4O. The third-order valence-corrected chi connectivity index (χ3v) is 3.36. The summed E-state index contributed by atoms with van der Waals surface area (Å²) in [7, 11) is 0. The zero-order valence-electron chi connectivity index (χ0n) is 13.4. The maximum Gasteiger partial charge on any atom is 0.331 e. The molecule has 1 aromatic carbocycles. The summed E-state index contributed by atoms with van der Waals surface area (Å²) in [5.41, 5.74) is 8.60. The van der Waals surface area contributed by atoms with E-state index in [1.165, 1.54) is 4.90 Å². The van der Waals surface area contributed by atoms with Crippen LogP contribution in [0, 0.1) is 19.3 Å². The van der Waals surface area contributed by atoms with Gasteiger partial charge in [0, 0.05) is 13.1 Å². The second-order valence-corrected chi connectivity index (χ2v) is 5.21. The number of benzene rings is 1. The predicted molar refractivity (Wildman–Crippen MR) is 87.9 cm³/mol. The van der Waals surface area contributed by atoms with Gasteiger partial charge in [0.15, 0.2) is 5.96 Å². The Bertz CT molecular complexity index is 493. The summed E-state index contributed by atoms with van der Waals surface area (Å²) in [5, 5.41) is 7.64. The van der Waals surface area contributed by atoms with Crippen LogP contribution in [0.2, 0.25) is 0 Å². The number of amides is 2. The summed E-state index contributed by atoms with van der Waals surface area (Å²) >= 11 is 0. The molecule has 1 rings (SSSR count). The van der Waals surface area contributed by atoms with E-state index in [4.69, 9.17) is 11.1 Å². The molecule has 0 unspecified atom stereocenters. The van der Waals surface area contributed by atoms with Crippen molar-refractivity contribution in [2.75, 3.05) is 18.0 Å². The Hall–Kier alpha value is -2.04. The molecule has 0 aliphatic rings. The minimum Gasteiger partial charge on any atom is -0.370 e. The van der Waals surface area contributed by atoms with E-state index in [-0.39, 0.29) is 12.0 Å². The van der Waals surface area contributed by atoms with Crippen LogP contribution in [0.5, 0.6) is 0 Å². The van der Waals surface area contributed by atoms with Gasteiger partial charge < -0.3 is 5.73 Å². The zero-order valence-corrected chi connectivity index (χ0v) is 13.4. The van der Waals surface area contributed by atoms with E-state index in [1.807, 2.05) is 45.9 Å². The number of urea groups is 1. The molecule has 3 N–H and O–H groups in total. The molecule has 0 fully saturated rings. The Kier molecular flexibility index (Phi) is 6.21. The number of anilines is 1. The zero-order chi connectivity index (χ0) is 16.0.